The summed E-state index contributed by atoms with van der Waals surface area (Å²) < 4.78 is 11.1. The van der Waals surface area contributed by atoms with Crippen molar-refractivity contribution < 1.29 is 19.1 Å². The maximum atomic E-state index is 12.4. The van der Waals surface area contributed by atoms with E-state index in [0.717, 1.165) is 16.9 Å². The SMILES string of the molecule is C/C(=N/NC(=O)c1ccc(COc2ccccc2)cc1)c1ccc2c(c1)NC(=O)CO2. The van der Waals surface area contributed by atoms with Crippen LogP contribution in [-0.2, 0) is 11.4 Å². The van der Waals surface area contributed by atoms with Gasteiger partial charge in [0.05, 0.1) is 11.4 Å². The Kier molecular flexibility index (Phi) is 5.93. The molecule has 0 unspecified atom stereocenters. The van der Waals surface area contributed by atoms with Crippen molar-refractivity contribution in [2.45, 2.75) is 13.5 Å². The summed E-state index contributed by atoms with van der Waals surface area (Å²) in [5, 5.41) is 6.93. The topological polar surface area (TPSA) is 89.0 Å². The Hall–Kier alpha value is -4.13. The number of ether oxygens (including phenoxy) is 2. The smallest absolute Gasteiger partial charge is 0.271 e. The first-order valence-corrected chi connectivity index (χ1v) is 9.77. The van der Waals surface area contributed by atoms with Gasteiger partial charge in [0, 0.05) is 5.56 Å². The summed E-state index contributed by atoms with van der Waals surface area (Å²) >= 11 is 0. The Morgan fingerprint density at radius 1 is 1.06 bits per heavy atom. The van der Waals surface area contributed by atoms with Gasteiger partial charge >= 0.3 is 0 Å². The number of benzene rings is 3. The lowest BCUT2D eigenvalue weighted by molar-refractivity contribution is -0.118. The number of carbonyl (C=O) groups excluding carboxylic acids is 2. The number of amides is 2. The van der Waals surface area contributed by atoms with E-state index in [4.69, 9.17) is 9.47 Å². The highest BCUT2D eigenvalue weighted by atomic mass is 16.5. The molecule has 1 aliphatic heterocycles. The number of nitrogens with one attached hydrogen (secondary N) is 2. The number of nitrogens with zero attached hydrogens (tertiary/aromatic N) is 1. The van der Waals surface area contributed by atoms with E-state index < -0.39 is 0 Å². The molecule has 0 radical (unpaired) electrons. The number of carbonyl (C=O) groups is 2. The number of hydrogen-bond acceptors (Lipinski definition) is 5. The second-order valence-electron chi connectivity index (χ2n) is 6.98. The Labute approximate surface area is 179 Å². The normalized spacial score (nSPS) is 12.9. The highest BCUT2D eigenvalue weighted by molar-refractivity contribution is 6.03. The third-order valence-electron chi connectivity index (χ3n) is 4.72. The Balaban J connectivity index is 1.36. The van der Waals surface area contributed by atoms with Gasteiger partial charge in [-0.25, -0.2) is 5.43 Å². The summed E-state index contributed by atoms with van der Waals surface area (Å²) in [4.78, 5) is 23.9. The maximum Gasteiger partial charge on any atom is 0.271 e. The molecular formula is C24H21N3O4. The van der Waals surface area contributed by atoms with Crippen molar-refractivity contribution in [1.82, 2.24) is 5.43 Å². The van der Waals surface area contributed by atoms with Crippen LogP contribution in [-0.4, -0.2) is 24.1 Å². The molecule has 31 heavy (non-hydrogen) atoms. The van der Waals surface area contributed by atoms with Crippen LogP contribution in [0.25, 0.3) is 0 Å². The molecule has 156 valence electrons. The second-order valence-corrected chi connectivity index (χ2v) is 6.98. The van der Waals surface area contributed by atoms with E-state index in [9.17, 15) is 9.59 Å². The van der Waals surface area contributed by atoms with Crippen LogP contribution in [0.2, 0.25) is 0 Å². The Morgan fingerprint density at radius 3 is 2.58 bits per heavy atom. The lowest BCUT2D eigenvalue weighted by atomic mass is 10.1. The van der Waals surface area contributed by atoms with Gasteiger partial charge < -0.3 is 14.8 Å². The average Bonchev–Trinajstić information content (AvgIpc) is 2.81. The molecule has 0 saturated carbocycles. The maximum absolute atomic E-state index is 12.4. The minimum Gasteiger partial charge on any atom is -0.489 e. The number of hydrazone groups is 1. The molecule has 7 heteroatoms. The van der Waals surface area contributed by atoms with E-state index in [0.29, 0.717) is 29.3 Å². The van der Waals surface area contributed by atoms with Gasteiger partial charge in [0.2, 0.25) is 0 Å². The van der Waals surface area contributed by atoms with Crippen molar-refractivity contribution in [2.75, 3.05) is 11.9 Å². The monoisotopic (exact) mass is 415 g/mol. The first-order chi connectivity index (χ1) is 15.1. The molecule has 0 saturated heterocycles. The summed E-state index contributed by atoms with van der Waals surface area (Å²) in [6.07, 6.45) is 0. The summed E-state index contributed by atoms with van der Waals surface area (Å²) in [6, 6.07) is 22.1. The van der Waals surface area contributed by atoms with Gasteiger partial charge in [-0.3, -0.25) is 9.59 Å². The molecule has 0 bridgehead atoms. The predicted molar refractivity (Wildman–Crippen MR) is 117 cm³/mol. The van der Waals surface area contributed by atoms with E-state index in [1.165, 1.54) is 0 Å². The highest BCUT2D eigenvalue weighted by Crippen LogP contribution is 2.28. The molecule has 0 fully saturated rings. The standard InChI is InChI=1S/C24H21N3O4/c1-16(19-11-12-22-21(13-19)25-23(28)15-31-22)26-27-24(29)18-9-7-17(8-10-18)14-30-20-5-3-2-4-6-20/h2-13H,14-15H2,1H3,(H,25,28)(H,27,29)/b26-16-. The molecule has 1 heterocycles. The average molecular weight is 415 g/mol. The fraction of sp³-hybridized carbons (Fsp3) is 0.125. The van der Waals surface area contributed by atoms with Crippen LogP contribution in [0.4, 0.5) is 5.69 Å². The zero-order valence-electron chi connectivity index (χ0n) is 16.9. The highest BCUT2D eigenvalue weighted by Gasteiger charge is 2.16. The first kappa shape index (κ1) is 20.2. The zero-order valence-corrected chi connectivity index (χ0v) is 16.9. The molecule has 0 atom stereocenters. The summed E-state index contributed by atoms with van der Waals surface area (Å²) in [5.41, 5.74) is 5.96. The van der Waals surface area contributed by atoms with Crippen molar-refractivity contribution in [2.24, 2.45) is 5.10 Å². The largest absolute Gasteiger partial charge is 0.489 e. The van der Waals surface area contributed by atoms with E-state index in [1.807, 2.05) is 48.5 Å². The molecule has 7 nitrogen and oxygen atoms in total. The van der Waals surface area contributed by atoms with Crippen LogP contribution in [0.1, 0.15) is 28.4 Å². The molecular weight excluding hydrogens is 394 g/mol. The minimum absolute atomic E-state index is 0.00659. The fourth-order valence-corrected chi connectivity index (χ4v) is 3.01. The van der Waals surface area contributed by atoms with E-state index in [-0.39, 0.29) is 18.4 Å². The van der Waals surface area contributed by atoms with Crippen LogP contribution in [0.3, 0.4) is 0 Å². The van der Waals surface area contributed by atoms with Gasteiger partial charge in [0.1, 0.15) is 18.1 Å². The Bertz CT molecular complexity index is 1130. The zero-order chi connectivity index (χ0) is 21.6. The van der Waals surface area contributed by atoms with Crippen molar-refractivity contribution in [3.8, 4) is 11.5 Å². The third-order valence-corrected chi connectivity index (χ3v) is 4.72. The second kappa shape index (κ2) is 9.13. The van der Waals surface area contributed by atoms with E-state index in [1.54, 1.807) is 31.2 Å². The Morgan fingerprint density at radius 2 is 1.81 bits per heavy atom. The molecule has 3 aromatic rings. The van der Waals surface area contributed by atoms with Gasteiger partial charge in [-0.2, -0.15) is 5.10 Å². The molecule has 3 aromatic carbocycles. The van der Waals surface area contributed by atoms with Crippen molar-refractivity contribution >= 4 is 23.2 Å². The van der Waals surface area contributed by atoms with Crippen LogP contribution in [0.15, 0.2) is 77.9 Å². The molecule has 2 amide bonds. The van der Waals surface area contributed by atoms with Crippen LogP contribution < -0.4 is 20.2 Å². The molecule has 0 aliphatic carbocycles. The minimum atomic E-state index is -0.315. The van der Waals surface area contributed by atoms with Gasteiger partial charge in [0.25, 0.3) is 11.8 Å². The predicted octanol–water partition coefficient (Wildman–Crippen LogP) is 3.75. The first-order valence-electron chi connectivity index (χ1n) is 9.77. The van der Waals surface area contributed by atoms with Crippen molar-refractivity contribution in [3.63, 3.8) is 0 Å². The molecule has 0 spiro atoms. The summed E-state index contributed by atoms with van der Waals surface area (Å²) in [7, 11) is 0. The quantitative estimate of drug-likeness (QED) is 0.474. The van der Waals surface area contributed by atoms with E-state index >= 15 is 0 Å². The van der Waals surface area contributed by atoms with Gasteiger partial charge in [-0.1, -0.05) is 30.3 Å². The lowest BCUT2D eigenvalue weighted by Gasteiger charge is -2.18. The number of para-hydroxylation sites is 1. The van der Waals surface area contributed by atoms with Crippen LogP contribution in [0, 0.1) is 0 Å². The number of anilines is 1. The van der Waals surface area contributed by atoms with Crippen molar-refractivity contribution in [1.29, 1.82) is 0 Å². The third kappa shape index (κ3) is 5.08. The fourth-order valence-electron chi connectivity index (χ4n) is 3.01. The molecule has 1 aliphatic rings. The van der Waals surface area contributed by atoms with E-state index in [2.05, 4.69) is 15.8 Å². The van der Waals surface area contributed by atoms with Crippen molar-refractivity contribution in [3.05, 3.63) is 89.5 Å². The number of rotatable bonds is 6. The van der Waals surface area contributed by atoms with Gasteiger partial charge in [-0.15, -0.1) is 0 Å². The summed E-state index contributed by atoms with van der Waals surface area (Å²) in [5.74, 6) is 0.883. The lowest BCUT2D eigenvalue weighted by Crippen LogP contribution is -2.25. The number of fused-ring (bicyclic) bond motifs is 1. The van der Waals surface area contributed by atoms with Crippen LogP contribution >= 0.6 is 0 Å². The molecule has 2 N–H and O–H groups in total. The molecule has 4 rings (SSSR count). The van der Waals surface area contributed by atoms with Gasteiger partial charge in [-0.05, 0) is 60.5 Å². The summed E-state index contributed by atoms with van der Waals surface area (Å²) in [6.45, 7) is 2.20. The molecule has 0 aromatic heterocycles. The van der Waals surface area contributed by atoms with Gasteiger partial charge in [0.15, 0.2) is 6.61 Å². The number of hydrogen-bond donors (Lipinski definition) is 2. The van der Waals surface area contributed by atoms with Crippen LogP contribution in [0.5, 0.6) is 11.5 Å².